The van der Waals surface area contributed by atoms with Crippen LogP contribution in [0.2, 0.25) is 0 Å². The van der Waals surface area contributed by atoms with E-state index < -0.39 is 0 Å². The Morgan fingerprint density at radius 2 is 1.96 bits per heavy atom. The Morgan fingerprint density at radius 3 is 2.65 bits per heavy atom. The molecule has 0 aliphatic carbocycles. The fourth-order valence-electron chi connectivity index (χ4n) is 2.93. The second-order valence-corrected chi connectivity index (χ2v) is 7.18. The molecular formula is C19H21BrN2O. The van der Waals surface area contributed by atoms with Crippen molar-refractivity contribution < 1.29 is 5.11 Å². The summed E-state index contributed by atoms with van der Waals surface area (Å²) in [4.78, 5) is 6.53. The summed E-state index contributed by atoms with van der Waals surface area (Å²) in [5.41, 5.74) is 1.21. The number of aromatic nitrogens is 1. The van der Waals surface area contributed by atoms with Crippen LogP contribution in [0, 0.1) is 5.92 Å². The molecule has 23 heavy (non-hydrogen) atoms. The number of hydrogen-bond donors (Lipinski definition) is 1. The van der Waals surface area contributed by atoms with Crippen molar-refractivity contribution in [1.82, 2.24) is 9.88 Å². The lowest BCUT2D eigenvalue weighted by atomic mass is 9.98. The Labute approximate surface area is 145 Å². The molecule has 4 heteroatoms. The first kappa shape index (κ1) is 16.1. The zero-order valence-corrected chi connectivity index (χ0v) is 14.9. The van der Waals surface area contributed by atoms with Crippen LogP contribution in [0.1, 0.15) is 19.4 Å². The minimum absolute atomic E-state index is 0.0964. The highest BCUT2D eigenvalue weighted by Gasteiger charge is 2.30. The normalized spacial score (nSPS) is 18.5. The van der Waals surface area contributed by atoms with E-state index in [4.69, 9.17) is 0 Å². The van der Waals surface area contributed by atoms with Gasteiger partial charge in [-0.2, -0.15) is 0 Å². The summed E-state index contributed by atoms with van der Waals surface area (Å²) in [6.07, 6.45) is 6.39. The van der Waals surface area contributed by atoms with Crippen molar-refractivity contribution >= 4 is 27.9 Å². The average Bonchev–Trinajstić information content (AvgIpc) is 2.57. The second-order valence-electron chi connectivity index (χ2n) is 6.25. The Hall–Kier alpha value is -1.81. The maximum Gasteiger partial charge on any atom is 0.124 e. The number of aliphatic hydroxyl groups excluding tert-OH is 1. The molecule has 0 spiro atoms. The minimum Gasteiger partial charge on any atom is -0.509 e. The number of aliphatic hydroxyl groups is 1. The molecule has 2 heterocycles. The molecule has 2 aromatic rings. The van der Waals surface area contributed by atoms with Crippen LogP contribution in [0.15, 0.2) is 48.8 Å². The van der Waals surface area contributed by atoms with Crippen molar-refractivity contribution in [3.05, 3.63) is 64.8 Å². The molecule has 0 amide bonds. The molecule has 0 radical (unpaired) electrons. The van der Waals surface area contributed by atoms with E-state index in [-0.39, 0.29) is 11.0 Å². The number of halogens is 1. The van der Waals surface area contributed by atoms with Gasteiger partial charge in [-0.05, 0) is 17.5 Å². The third-order valence-electron chi connectivity index (χ3n) is 4.20. The van der Waals surface area contributed by atoms with E-state index in [0.29, 0.717) is 11.7 Å². The monoisotopic (exact) mass is 372 g/mol. The summed E-state index contributed by atoms with van der Waals surface area (Å²) in [6, 6.07) is 12.1. The van der Waals surface area contributed by atoms with E-state index in [1.165, 1.54) is 5.56 Å². The van der Waals surface area contributed by atoms with Crippen molar-refractivity contribution in [2.75, 3.05) is 0 Å². The highest BCUT2D eigenvalue weighted by atomic mass is 79.9. The van der Waals surface area contributed by atoms with Gasteiger partial charge in [-0.15, -0.1) is 0 Å². The van der Waals surface area contributed by atoms with E-state index in [2.05, 4.69) is 58.0 Å². The molecule has 1 aromatic carbocycles. The van der Waals surface area contributed by atoms with Crippen molar-refractivity contribution in [3.63, 3.8) is 0 Å². The summed E-state index contributed by atoms with van der Waals surface area (Å²) in [7, 11) is 0. The van der Waals surface area contributed by atoms with Crippen molar-refractivity contribution in [2.24, 2.45) is 5.92 Å². The number of benzene rings is 1. The van der Waals surface area contributed by atoms with Gasteiger partial charge in [-0.3, -0.25) is 4.98 Å². The molecule has 0 unspecified atom stereocenters. The van der Waals surface area contributed by atoms with Gasteiger partial charge < -0.3 is 10.0 Å². The number of nitrogens with zero attached hydrogens (tertiary/aromatic N) is 2. The Balaban J connectivity index is 2.07. The molecule has 1 aromatic heterocycles. The van der Waals surface area contributed by atoms with Crippen molar-refractivity contribution in [1.29, 1.82) is 0 Å². The lowest BCUT2D eigenvalue weighted by Crippen LogP contribution is -2.49. The summed E-state index contributed by atoms with van der Waals surface area (Å²) in [5.74, 6) is 0.810. The molecule has 120 valence electrons. The average molecular weight is 373 g/mol. The minimum atomic E-state index is -0.0964. The largest absolute Gasteiger partial charge is 0.509 e. The number of rotatable bonds is 4. The fourth-order valence-corrected chi connectivity index (χ4v) is 3.33. The second kappa shape index (κ2) is 6.75. The Bertz CT molecular complexity index is 789. The Kier molecular flexibility index (Phi) is 4.71. The molecule has 0 fully saturated rings. The number of alkyl halides is 1. The van der Waals surface area contributed by atoms with Gasteiger partial charge in [-0.25, -0.2) is 0 Å². The van der Waals surface area contributed by atoms with Gasteiger partial charge in [0.05, 0.1) is 11.0 Å². The molecule has 1 aliphatic rings. The van der Waals surface area contributed by atoms with E-state index >= 15 is 0 Å². The molecule has 1 N–H and O–H groups in total. The smallest absolute Gasteiger partial charge is 0.124 e. The van der Waals surface area contributed by atoms with Gasteiger partial charge >= 0.3 is 0 Å². The van der Waals surface area contributed by atoms with Crippen molar-refractivity contribution in [2.45, 2.75) is 31.3 Å². The predicted molar refractivity (Wildman–Crippen MR) is 97.3 cm³/mol. The van der Waals surface area contributed by atoms with E-state index in [9.17, 15) is 5.11 Å². The van der Waals surface area contributed by atoms with Crippen LogP contribution in [0.25, 0.3) is 12.0 Å². The fraction of sp³-hybridized carbons (Fsp3) is 0.316. The lowest BCUT2D eigenvalue weighted by molar-refractivity contribution is 0.255. The summed E-state index contributed by atoms with van der Waals surface area (Å²) < 4.78 is 0. The standard InChI is InChI=1S/C19H21BrN2O/c1-13(2)19(20)22-12-15-8-9-21-11-16(15)18(23)17(22)10-14-6-4-3-5-7-14/h3-9,11-13,17,19,23H,10H2,1-2H3/t17-,19-/m0/s1. The molecular weight excluding hydrogens is 352 g/mol. The quantitative estimate of drug-likeness (QED) is 0.662. The van der Waals surface area contributed by atoms with Crippen LogP contribution in [-0.4, -0.2) is 26.0 Å². The van der Waals surface area contributed by atoms with Crippen LogP contribution < -0.4 is 10.4 Å². The number of fused-ring (bicyclic) bond motifs is 1. The maximum atomic E-state index is 10.9. The predicted octanol–water partition coefficient (Wildman–Crippen LogP) is 2.79. The van der Waals surface area contributed by atoms with Crippen LogP contribution >= 0.6 is 15.9 Å². The molecule has 2 atom stereocenters. The molecule has 3 nitrogen and oxygen atoms in total. The lowest BCUT2D eigenvalue weighted by Gasteiger charge is -2.38. The first-order chi connectivity index (χ1) is 11.1. The van der Waals surface area contributed by atoms with Gasteiger partial charge in [-0.1, -0.05) is 60.1 Å². The van der Waals surface area contributed by atoms with Crippen LogP contribution in [0.3, 0.4) is 0 Å². The highest BCUT2D eigenvalue weighted by Crippen LogP contribution is 2.26. The summed E-state index contributed by atoms with van der Waals surface area (Å²) in [6.45, 7) is 4.35. The molecule has 0 saturated carbocycles. The van der Waals surface area contributed by atoms with E-state index in [1.54, 1.807) is 12.4 Å². The van der Waals surface area contributed by atoms with Crippen LogP contribution in [-0.2, 0) is 6.42 Å². The third-order valence-corrected chi connectivity index (χ3v) is 5.73. The van der Waals surface area contributed by atoms with Gasteiger partial charge in [0.1, 0.15) is 5.76 Å². The zero-order chi connectivity index (χ0) is 16.4. The third kappa shape index (κ3) is 3.27. The number of hydrogen-bond acceptors (Lipinski definition) is 3. The molecule has 1 aliphatic heterocycles. The summed E-state index contributed by atoms with van der Waals surface area (Å²) >= 11 is 3.79. The molecule has 0 saturated heterocycles. The first-order valence-electron chi connectivity index (χ1n) is 7.88. The summed E-state index contributed by atoms with van der Waals surface area (Å²) in [5, 5.41) is 12.7. The van der Waals surface area contributed by atoms with Gasteiger partial charge in [0.25, 0.3) is 0 Å². The zero-order valence-electron chi connectivity index (χ0n) is 13.4. The topological polar surface area (TPSA) is 36.4 Å². The van der Waals surface area contributed by atoms with Crippen LogP contribution in [0.5, 0.6) is 0 Å². The Morgan fingerprint density at radius 1 is 1.22 bits per heavy atom. The number of pyridine rings is 1. The van der Waals surface area contributed by atoms with Crippen LogP contribution in [0.4, 0.5) is 0 Å². The first-order valence-corrected chi connectivity index (χ1v) is 8.80. The molecule has 0 bridgehead atoms. The van der Waals surface area contributed by atoms with Gasteiger partial charge in [0.2, 0.25) is 0 Å². The van der Waals surface area contributed by atoms with Crippen molar-refractivity contribution in [3.8, 4) is 0 Å². The SMILES string of the molecule is CC(C)[C@@H](Br)N1C=c2ccncc2=C(O)[C@@H]1Cc1ccccc1. The molecule has 3 rings (SSSR count). The highest BCUT2D eigenvalue weighted by molar-refractivity contribution is 9.09. The maximum absolute atomic E-state index is 10.9. The van der Waals surface area contributed by atoms with Gasteiger partial charge in [0, 0.05) is 35.5 Å². The van der Waals surface area contributed by atoms with E-state index in [1.807, 2.05) is 24.3 Å². The van der Waals surface area contributed by atoms with Gasteiger partial charge in [0.15, 0.2) is 0 Å². The van der Waals surface area contributed by atoms with E-state index in [0.717, 1.165) is 16.9 Å².